The average molecular weight is 172 g/mol. The summed E-state index contributed by atoms with van der Waals surface area (Å²) in [4.78, 5) is 2.26. The van der Waals surface area contributed by atoms with Gasteiger partial charge in [-0.25, -0.2) is 0 Å². The molecule has 0 amide bonds. The first-order chi connectivity index (χ1) is 5.85. The van der Waals surface area contributed by atoms with Crippen molar-refractivity contribution < 1.29 is 5.11 Å². The number of aliphatic hydroxyl groups is 1. The Labute approximate surface area is 75.1 Å². The van der Waals surface area contributed by atoms with Crippen molar-refractivity contribution >= 4 is 0 Å². The molecule has 3 nitrogen and oxygen atoms in total. The van der Waals surface area contributed by atoms with Crippen LogP contribution < -0.4 is 5.32 Å². The fraction of sp³-hybridized carbons (Fsp3) is 0.778. The van der Waals surface area contributed by atoms with Gasteiger partial charge in [0.2, 0.25) is 0 Å². The summed E-state index contributed by atoms with van der Waals surface area (Å²) in [5, 5.41) is 11.7. The smallest absolute Gasteiger partial charge is 0.0443 e. The van der Waals surface area contributed by atoms with Crippen LogP contribution >= 0.6 is 0 Å². The minimum absolute atomic E-state index is 0.271. The fourth-order valence-corrected chi connectivity index (χ4v) is 1.04. The van der Waals surface area contributed by atoms with Crippen LogP contribution in [0.5, 0.6) is 0 Å². The third kappa shape index (κ3) is 6.34. The zero-order chi connectivity index (χ0) is 9.23. The average Bonchev–Trinajstić information content (AvgIpc) is 2.10. The molecule has 0 saturated carbocycles. The Morgan fingerprint density at radius 1 is 1.50 bits per heavy atom. The molecular weight excluding hydrogens is 152 g/mol. The molecule has 0 rings (SSSR count). The monoisotopic (exact) mass is 172 g/mol. The molecule has 0 aliphatic carbocycles. The molecule has 0 atom stereocenters. The summed E-state index contributed by atoms with van der Waals surface area (Å²) in [6.45, 7) is 7.82. The van der Waals surface area contributed by atoms with Crippen LogP contribution in [-0.4, -0.2) is 49.8 Å². The highest BCUT2D eigenvalue weighted by atomic mass is 16.3. The molecule has 72 valence electrons. The van der Waals surface area contributed by atoms with Crippen molar-refractivity contribution in [2.45, 2.75) is 6.42 Å². The summed E-state index contributed by atoms with van der Waals surface area (Å²) in [5.41, 5.74) is 0. The van der Waals surface area contributed by atoms with Crippen molar-refractivity contribution in [2.75, 3.05) is 39.8 Å². The molecule has 12 heavy (non-hydrogen) atoms. The summed E-state index contributed by atoms with van der Waals surface area (Å²) < 4.78 is 0. The topological polar surface area (TPSA) is 35.5 Å². The predicted molar refractivity (Wildman–Crippen MR) is 52.3 cm³/mol. The Morgan fingerprint density at radius 3 is 2.75 bits per heavy atom. The van der Waals surface area contributed by atoms with Crippen LogP contribution in [0.25, 0.3) is 0 Å². The molecule has 0 radical (unpaired) electrons. The molecule has 0 fully saturated rings. The summed E-state index contributed by atoms with van der Waals surface area (Å²) in [7, 11) is 1.94. The van der Waals surface area contributed by atoms with Crippen molar-refractivity contribution in [1.82, 2.24) is 10.2 Å². The van der Waals surface area contributed by atoms with Gasteiger partial charge in [0.05, 0.1) is 0 Å². The first-order valence-electron chi connectivity index (χ1n) is 4.43. The quantitative estimate of drug-likeness (QED) is 0.509. The molecular formula is C9H20N2O. The van der Waals surface area contributed by atoms with E-state index in [2.05, 4.69) is 16.8 Å². The number of aliphatic hydroxyl groups excluding tert-OH is 1. The standard InChI is InChI=1S/C9H20N2O/c1-3-6-11(7-4-9-12)8-5-10-2/h3,10,12H,1,4-9H2,2H3. The summed E-state index contributed by atoms with van der Waals surface area (Å²) >= 11 is 0. The number of hydrogen-bond acceptors (Lipinski definition) is 3. The first kappa shape index (κ1) is 11.6. The largest absolute Gasteiger partial charge is 0.396 e. The minimum atomic E-state index is 0.271. The van der Waals surface area contributed by atoms with Crippen LogP contribution in [0.15, 0.2) is 12.7 Å². The molecule has 0 aromatic rings. The maximum Gasteiger partial charge on any atom is 0.0443 e. The van der Waals surface area contributed by atoms with E-state index in [1.54, 1.807) is 0 Å². The Balaban J connectivity index is 3.46. The second-order valence-corrected chi connectivity index (χ2v) is 2.77. The Kier molecular flexibility index (Phi) is 8.44. The molecule has 0 aliphatic rings. The number of nitrogens with zero attached hydrogens (tertiary/aromatic N) is 1. The number of likely N-dealkylation sites (N-methyl/N-ethyl adjacent to an activating group) is 1. The lowest BCUT2D eigenvalue weighted by atomic mass is 10.3. The molecule has 0 aliphatic heterocycles. The first-order valence-corrected chi connectivity index (χ1v) is 4.43. The van der Waals surface area contributed by atoms with Gasteiger partial charge in [-0.3, -0.25) is 4.90 Å². The second kappa shape index (κ2) is 8.71. The van der Waals surface area contributed by atoms with Gasteiger partial charge in [0.25, 0.3) is 0 Å². The van der Waals surface area contributed by atoms with Gasteiger partial charge in [0.15, 0.2) is 0 Å². The molecule has 0 unspecified atom stereocenters. The van der Waals surface area contributed by atoms with E-state index < -0.39 is 0 Å². The van der Waals surface area contributed by atoms with Crippen LogP contribution in [0.4, 0.5) is 0 Å². The van der Waals surface area contributed by atoms with Crippen molar-refractivity contribution in [3.05, 3.63) is 12.7 Å². The maximum absolute atomic E-state index is 8.64. The molecule has 0 aromatic heterocycles. The summed E-state index contributed by atoms with van der Waals surface area (Å²) in [6, 6.07) is 0. The lowest BCUT2D eigenvalue weighted by Gasteiger charge is -2.19. The van der Waals surface area contributed by atoms with Crippen LogP contribution in [0, 0.1) is 0 Å². The highest BCUT2D eigenvalue weighted by Gasteiger charge is 1.99. The van der Waals surface area contributed by atoms with Crippen molar-refractivity contribution in [1.29, 1.82) is 0 Å². The lowest BCUT2D eigenvalue weighted by Crippen LogP contribution is -2.32. The van der Waals surface area contributed by atoms with Gasteiger partial charge in [0.1, 0.15) is 0 Å². The van der Waals surface area contributed by atoms with E-state index >= 15 is 0 Å². The Morgan fingerprint density at radius 2 is 2.25 bits per heavy atom. The van der Waals surface area contributed by atoms with Crippen LogP contribution in [0.1, 0.15) is 6.42 Å². The molecule has 0 bridgehead atoms. The van der Waals surface area contributed by atoms with Gasteiger partial charge in [-0.15, -0.1) is 6.58 Å². The normalized spacial score (nSPS) is 10.6. The molecule has 0 aromatic carbocycles. The molecule has 0 saturated heterocycles. The zero-order valence-electron chi connectivity index (χ0n) is 7.92. The van der Waals surface area contributed by atoms with Crippen LogP contribution in [0.3, 0.4) is 0 Å². The van der Waals surface area contributed by atoms with Gasteiger partial charge in [-0.05, 0) is 13.5 Å². The van der Waals surface area contributed by atoms with Gasteiger partial charge < -0.3 is 10.4 Å². The molecule has 0 heterocycles. The number of rotatable bonds is 8. The van der Waals surface area contributed by atoms with E-state index in [0.29, 0.717) is 0 Å². The predicted octanol–water partition coefficient (Wildman–Crippen LogP) is 0.0762. The van der Waals surface area contributed by atoms with E-state index in [0.717, 1.165) is 32.6 Å². The second-order valence-electron chi connectivity index (χ2n) is 2.77. The van der Waals surface area contributed by atoms with E-state index in [4.69, 9.17) is 5.11 Å². The van der Waals surface area contributed by atoms with Gasteiger partial charge in [-0.2, -0.15) is 0 Å². The highest BCUT2D eigenvalue weighted by molar-refractivity contribution is 4.73. The maximum atomic E-state index is 8.64. The lowest BCUT2D eigenvalue weighted by molar-refractivity contribution is 0.237. The summed E-state index contributed by atoms with van der Waals surface area (Å²) in [6.07, 6.45) is 2.74. The van der Waals surface area contributed by atoms with Crippen molar-refractivity contribution in [3.63, 3.8) is 0 Å². The van der Waals surface area contributed by atoms with Gasteiger partial charge in [-0.1, -0.05) is 6.08 Å². The van der Waals surface area contributed by atoms with Crippen LogP contribution in [-0.2, 0) is 0 Å². The van der Waals surface area contributed by atoms with Crippen LogP contribution in [0.2, 0.25) is 0 Å². The Hall–Kier alpha value is -0.380. The molecule has 0 spiro atoms. The SMILES string of the molecule is C=CCN(CCCO)CCNC. The zero-order valence-corrected chi connectivity index (χ0v) is 7.92. The van der Waals surface area contributed by atoms with Crippen molar-refractivity contribution in [2.24, 2.45) is 0 Å². The highest BCUT2D eigenvalue weighted by Crippen LogP contribution is 1.90. The minimum Gasteiger partial charge on any atom is -0.396 e. The fourth-order valence-electron chi connectivity index (χ4n) is 1.04. The number of nitrogens with one attached hydrogen (secondary N) is 1. The van der Waals surface area contributed by atoms with E-state index in [1.165, 1.54) is 0 Å². The third-order valence-corrected chi connectivity index (χ3v) is 1.70. The number of hydrogen-bond donors (Lipinski definition) is 2. The van der Waals surface area contributed by atoms with E-state index in [-0.39, 0.29) is 6.61 Å². The summed E-state index contributed by atoms with van der Waals surface area (Å²) in [5.74, 6) is 0. The molecule has 2 N–H and O–H groups in total. The third-order valence-electron chi connectivity index (χ3n) is 1.70. The van der Waals surface area contributed by atoms with E-state index in [1.807, 2.05) is 13.1 Å². The van der Waals surface area contributed by atoms with Gasteiger partial charge >= 0.3 is 0 Å². The van der Waals surface area contributed by atoms with Gasteiger partial charge in [0, 0.05) is 32.8 Å². The van der Waals surface area contributed by atoms with Crippen molar-refractivity contribution in [3.8, 4) is 0 Å². The Bertz CT molecular complexity index is 98.7. The molecule has 3 heteroatoms. The van der Waals surface area contributed by atoms with E-state index in [9.17, 15) is 0 Å².